The topological polar surface area (TPSA) is 58.6 Å². The van der Waals surface area contributed by atoms with E-state index in [-0.39, 0.29) is 17.7 Å². The summed E-state index contributed by atoms with van der Waals surface area (Å²) in [5, 5.41) is 3.03. The average Bonchev–Trinajstić information content (AvgIpc) is 2.88. The lowest BCUT2D eigenvalue weighted by Crippen LogP contribution is -2.39. The van der Waals surface area contributed by atoms with Gasteiger partial charge < -0.3 is 15.0 Å². The lowest BCUT2D eigenvalue weighted by molar-refractivity contribution is 0.0706. The van der Waals surface area contributed by atoms with Gasteiger partial charge in [0.2, 0.25) is 0 Å². The number of carbonyl (C=O) groups excluding carboxylic acids is 2. The fraction of sp³-hybridized carbons (Fsp3) is 0.286. The van der Waals surface area contributed by atoms with Crippen LogP contribution in [0.2, 0.25) is 0 Å². The second-order valence-electron chi connectivity index (χ2n) is 8.55. The molecule has 1 aliphatic heterocycles. The molecule has 0 saturated carbocycles. The van der Waals surface area contributed by atoms with Crippen molar-refractivity contribution >= 4 is 11.8 Å². The highest BCUT2D eigenvalue weighted by Gasteiger charge is 2.26. The molecule has 3 aromatic carbocycles. The first-order valence-electron chi connectivity index (χ1n) is 11.4. The lowest BCUT2D eigenvalue weighted by atomic mass is 9.89. The molecule has 1 fully saturated rings. The number of amides is 2. The molecular formula is C28H30N2O3. The van der Waals surface area contributed by atoms with Crippen molar-refractivity contribution < 1.29 is 14.3 Å². The first kappa shape index (κ1) is 22.6. The number of rotatable bonds is 6. The number of hydrogen-bond acceptors (Lipinski definition) is 3. The van der Waals surface area contributed by atoms with Crippen molar-refractivity contribution in [2.24, 2.45) is 0 Å². The zero-order valence-corrected chi connectivity index (χ0v) is 19.2. The largest absolute Gasteiger partial charge is 0.497 e. The van der Waals surface area contributed by atoms with Crippen LogP contribution >= 0.6 is 0 Å². The fourth-order valence-corrected chi connectivity index (χ4v) is 4.37. The summed E-state index contributed by atoms with van der Waals surface area (Å²) in [5.41, 5.74) is 4.70. The minimum absolute atomic E-state index is 0.0366. The van der Waals surface area contributed by atoms with Gasteiger partial charge in [-0.05, 0) is 72.9 Å². The smallest absolute Gasteiger partial charge is 0.253 e. The highest BCUT2D eigenvalue weighted by molar-refractivity contribution is 5.95. The Bertz CT molecular complexity index is 1120. The Morgan fingerprint density at radius 2 is 1.79 bits per heavy atom. The van der Waals surface area contributed by atoms with Crippen molar-refractivity contribution in [3.8, 4) is 5.75 Å². The molecule has 1 atom stereocenters. The van der Waals surface area contributed by atoms with Crippen molar-refractivity contribution in [3.05, 3.63) is 101 Å². The molecule has 1 saturated heterocycles. The molecule has 0 unspecified atom stereocenters. The Kier molecular flexibility index (Phi) is 7.08. The maximum atomic E-state index is 13.0. The Labute approximate surface area is 195 Å². The molecule has 33 heavy (non-hydrogen) atoms. The predicted molar refractivity (Wildman–Crippen MR) is 130 cm³/mol. The number of nitrogens with one attached hydrogen (secondary N) is 1. The normalized spacial score (nSPS) is 15.7. The van der Waals surface area contributed by atoms with E-state index < -0.39 is 0 Å². The SMILES string of the molecule is COc1ccc(C(=O)N2CCC[C@@H](c3cccc(C(=O)NCc4ccccc4C)c3)C2)cc1. The number of aryl methyl sites for hydroxylation is 1. The summed E-state index contributed by atoms with van der Waals surface area (Å²) in [4.78, 5) is 27.7. The van der Waals surface area contributed by atoms with Gasteiger partial charge in [0.25, 0.3) is 11.8 Å². The number of methoxy groups -OCH3 is 1. The van der Waals surface area contributed by atoms with Crippen LogP contribution in [0.5, 0.6) is 5.75 Å². The maximum absolute atomic E-state index is 13.0. The van der Waals surface area contributed by atoms with E-state index in [0.29, 0.717) is 24.2 Å². The first-order chi connectivity index (χ1) is 16.0. The third-order valence-electron chi connectivity index (χ3n) is 6.37. The number of piperidine rings is 1. The number of ether oxygens (including phenoxy) is 1. The Morgan fingerprint density at radius 3 is 2.55 bits per heavy atom. The summed E-state index contributed by atoms with van der Waals surface area (Å²) >= 11 is 0. The number of hydrogen-bond donors (Lipinski definition) is 1. The van der Waals surface area contributed by atoms with Gasteiger partial charge >= 0.3 is 0 Å². The number of carbonyl (C=O) groups is 2. The molecule has 4 rings (SSSR count). The molecule has 0 bridgehead atoms. The molecule has 0 aliphatic carbocycles. The van der Waals surface area contributed by atoms with Crippen molar-refractivity contribution in [3.63, 3.8) is 0 Å². The quantitative estimate of drug-likeness (QED) is 0.587. The van der Waals surface area contributed by atoms with Gasteiger partial charge in [-0.15, -0.1) is 0 Å². The van der Waals surface area contributed by atoms with Crippen LogP contribution in [0, 0.1) is 6.92 Å². The van der Waals surface area contributed by atoms with Gasteiger partial charge in [-0.2, -0.15) is 0 Å². The predicted octanol–water partition coefficient (Wildman–Crippen LogP) is 4.95. The molecule has 1 heterocycles. The van der Waals surface area contributed by atoms with Gasteiger partial charge in [-0.1, -0.05) is 36.4 Å². The summed E-state index contributed by atoms with van der Waals surface area (Å²) in [6, 6.07) is 23.1. The molecule has 1 aliphatic rings. The van der Waals surface area contributed by atoms with Crippen molar-refractivity contribution in [2.45, 2.75) is 32.2 Å². The molecule has 1 N–H and O–H groups in total. The molecule has 2 amide bonds. The van der Waals surface area contributed by atoms with Gasteiger partial charge in [0.1, 0.15) is 5.75 Å². The Morgan fingerprint density at radius 1 is 1.00 bits per heavy atom. The minimum atomic E-state index is -0.0814. The van der Waals surface area contributed by atoms with Gasteiger partial charge in [0, 0.05) is 36.7 Å². The summed E-state index contributed by atoms with van der Waals surface area (Å²) in [6.07, 6.45) is 1.94. The van der Waals surface area contributed by atoms with E-state index in [1.807, 2.05) is 78.6 Å². The van der Waals surface area contributed by atoms with E-state index in [0.717, 1.165) is 41.8 Å². The second kappa shape index (κ2) is 10.3. The van der Waals surface area contributed by atoms with Crippen LogP contribution in [0.1, 0.15) is 56.2 Å². The van der Waals surface area contributed by atoms with E-state index in [4.69, 9.17) is 4.74 Å². The zero-order valence-electron chi connectivity index (χ0n) is 19.2. The molecule has 170 valence electrons. The molecule has 3 aromatic rings. The summed E-state index contributed by atoms with van der Waals surface area (Å²) in [7, 11) is 1.61. The lowest BCUT2D eigenvalue weighted by Gasteiger charge is -2.33. The van der Waals surface area contributed by atoms with Crippen molar-refractivity contribution in [2.75, 3.05) is 20.2 Å². The zero-order chi connectivity index (χ0) is 23.2. The van der Waals surface area contributed by atoms with Crippen LogP contribution in [0.15, 0.2) is 72.8 Å². The molecule has 0 radical (unpaired) electrons. The van der Waals surface area contributed by atoms with Gasteiger partial charge in [-0.3, -0.25) is 9.59 Å². The second-order valence-corrected chi connectivity index (χ2v) is 8.55. The van der Waals surface area contributed by atoms with Crippen LogP contribution in [-0.4, -0.2) is 36.9 Å². The number of benzene rings is 3. The number of likely N-dealkylation sites (tertiary alicyclic amines) is 1. The Balaban J connectivity index is 1.42. The van der Waals surface area contributed by atoms with E-state index in [1.165, 1.54) is 0 Å². The molecule has 5 heteroatoms. The maximum Gasteiger partial charge on any atom is 0.253 e. The van der Waals surface area contributed by atoms with Gasteiger partial charge in [0.15, 0.2) is 0 Å². The van der Waals surface area contributed by atoms with Crippen LogP contribution in [0.4, 0.5) is 0 Å². The number of nitrogens with zero attached hydrogens (tertiary/aromatic N) is 1. The minimum Gasteiger partial charge on any atom is -0.497 e. The van der Waals surface area contributed by atoms with Crippen molar-refractivity contribution in [1.82, 2.24) is 10.2 Å². The molecule has 0 aromatic heterocycles. The van der Waals surface area contributed by atoms with E-state index >= 15 is 0 Å². The average molecular weight is 443 g/mol. The van der Waals surface area contributed by atoms with Crippen LogP contribution in [0.25, 0.3) is 0 Å². The van der Waals surface area contributed by atoms with E-state index in [9.17, 15) is 9.59 Å². The van der Waals surface area contributed by atoms with E-state index in [1.54, 1.807) is 7.11 Å². The Hall–Kier alpha value is -3.60. The highest BCUT2D eigenvalue weighted by atomic mass is 16.5. The van der Waals surface area contributed by atoms with Crippen LogP contribution < -0.4 is 10.1 Å². The van der Waals surface area contributed by atoms with Crippen LogP contribution in [-0.2, 0) is 6.54 Å². The summed E-state index contributed by atoms with van der Waals surface area (Å²) in [5.74, 6) is 0.905. The molecular weight excluding hydrogens is 412 g/mol. The van der Waals surface area contributed by atoms with Gasteiger partial charge in [0.05, 0.1) is 7.11 Å². The monoisotopic (exact) mass is 442 g/mol. The van der Waals surface area contributed by atoms with Gasteiger partial charge in [-0.25, -0.2) is 0 Å². The standard InChI is InChI=1S/C28H30N2O3/c1-20-7-3-4-8-24(20)18-29-27(31)23-10-5-9-22(17-23)25-11-6-16-30(19-25)28(32)21-12-14-26(33-2)15-13-21/h3-5,7-10,12-15,17,25H,6,11,16,18-19H2,1-2H3,(H,29,31)/t25-/m1/s1. The van der Waals surface area contributed by atoms with Crippen LogP contribution in [0.3, 0.4) is 0 Å². The highest BCUT2D eigenvalue weighted by Crippen LogP contribution is 2.28. The van der Waals surface area contributed by atoms with Crippen molar-refractivity contribution in [1.29, 1.82) is 0 Å². The molecule has 0 spiro atoms. The fourth-order valence-electron chi connectivity index (χ4n) is 4.37. The summed E-state index contributed by atoms with van der Waals surface area (Å²) < 4.78 is 5.19. The third kappa shape index (κ3) is 5.43. The van der Waals surface area contributed by atoms with E-state index in [2.05, 4.69) is 11.4 Å². The third-order valence-corrected chi connectivity index (χ3v) is 6.37. The molecule has 5 nitrogen and oxygen atoms in total. The summed E-state index contributed by atoms with van der Waals surface area (Å²) in [6.45, 7) is 3.95. The first-order valence-corrected chi connectivity index (χ1v) is 11.4.